The Labute approximate surface area is 118 Å². The molecule has 20 heavy (non-hydrogen) atoms. The van der Waals surface area contributed by atoms with Gasteiger partial charge in [-0.05, 0) is 5.56 Å². The van der Waals surface area contributed by atoms with Gasteiger partial charge in [-0.3, -0.25) is 4.79 Å². The Morgan fingerprint density at radius 3 is 2.50 bits per heavy atom. The second kappa shape index (κ2) is 6.71. The normalized spacial score (nSPS) is 18.9. The highest BCUT2D eigenvalue weighted by Gasteiger charge is 2.43. The lowest BCUT2D eigenvalue weighted by molar-refractivity contribution is -0.141. The van der Waals surface area contributed by atoms with E-state index in [1.54, 1.807) is 0 Å². The van der Waals surface area contributed by atoms with E-state index in [1.165, 1.54) is 7.05 Å². The fraction of sp³-hybridized carbons (Fsp3) is 0.400. The van der Waals surface area contributed by atoms with Gasteiger partial charge in [-0.2, -0.15) is 0 Å². The van der Waals surface area contributed by atoms with Crippen molar-refractivity contribution in [3.05, 3.63) is 47.3 Å². The molecule has 106 valence electrons. The number of benzene rings is 1. The molecular weight excluding hydrogens is 256 g/mol. The molecule has 1 aromatic carbocycles. The summed E-state index contributed by atoms with van der Waals surface area (Å²) in [6.45, 7) is 9.75. The van der Waals surface area contributed by atoms with Crippen LogP contribution in [0.2, 0.25) is 0 Å². The summed E-state index contributed by atoms with van der Waals surface area (Å²) in [5, 5.41) is 12.9. The minimum absolute atomic E-state index is 0.0349. The number of hydrogen-bond donors (Lipinski definition) is 1. The van der Waals surface area contributed by atoms with Gasteiger partial charge in [0.05, 0.1) is 17.5 Å². The van der Waals surface area contributed by atoms with Crippen LogP contribution in [0.4, 0.5) is 0 Å². The van der Waals surface area contributed by atoms with E-state index in [1.807, 2.05) is 44.2 Å². The van der Waals surface area contributed by atoms with Crippen LogP contribution >= 0.6 is 0 Å². The number of carboxylic acid groups (broad SMARTS) is 1. The molecule has 1 N–H and O–H groups in total. The summed E-state index contributed by atoms with van der Waals surface area (Å²) in [6.07, 6.45) is -0.442. The standard InChI is InChI=1S/C13H15NO3.C2H3N/c1-13(2)10(8-11(15)16)17-14-12(13)9-6-4-3-5-7-9;1-3-2/h3-7,10H,8H2,1-2H3,(H,15,16);1H3. The van der Waals surface area contributed by atoms with Crippen LogP contribution in [0.1, 0.15) is 25.8 Å². The van der Waals surface area contributed by atoms with Crippen molar-refractivity contribution in [2.45, 2.75) is 26.4 Å². The summed E-state index contributed by atoms with van der Waals surface area (Å²) < 4.78 is 0. The maximum atomic E-state index is 10.8. The molecule has 1 unspecified atom stereocenters. The number of rotatable bonds is 3. The van der Waals surface area contributed by atoms with Crippen molar-refractivity contribution < 1.29 is 14.7 Å². The third-order valence-corrected chi connectivity index (χ3v) is 3.09. The van der Waals surface area contributed by atoms with Gasteiger partial charge in [0.25, 0.3) is 0 Å². The molecule has 1 heterocycles. The molecule has 0 saturated heterocycles. The maximum Gasteiger partial charge on any atom is 0.307 e. The van der Waals surface area contributed by atoms with Crippen LogP contribution in [0.15, 0.2) is 35.5 Å². The first-order valence-electron chi connectivity index (χ1n) is 6.20. The van der Waals surface area contributed by atoms with Crippen molar-refractivity contribution in [3.63, 3.8) is 0 Å². The zero-order valence-electron chi connectivity index (χ0n) is 11.8. The first kappa shape index (κ1) is 15.7. The van der Waals surface area contributed by atoms with Gasteiger partial charge in [-0.15, -0.1) is 0 Å². The van der Waals surface area contributed by atoms with Gasteiger partial charge in [-0.25, -0.2) is 6.57 Å². The average molecular weight is 274 g/mol. The first-order chi connectivity index (χ1) is 9.43. The molecule has 2 rings (SSSR count). The lowest BCUT2D eigenvalue weighted by atomic mass is 9.78. The number of carbonyl (C=O) groups is 1. The van der Waals surface area contributed by atoms with Gasteiger partial charge in [0, 0.05) is 0 Å². The van der Waals surface area contributed by atoms with Crippen molar-refractivity contribution in [2.24, 2.45) is 10.6 Å². The molecule has 0 bridgehead atoms. The van der Waals surface area contributed by atoms with Gasteiger partial charge < -0.3 is 14.8 Å². The third-order valence-electron chi connectivity index (χ3n) is 3.09. The second-order valence-corrected chi connectivity index (χ2v) is 4.94. The predicted octanol–water partition coefficient (Wildman–Crippen LogP) is 2.83. The fourth-order valence-corrected chi connectivity index (χ4v) is 1.99. The summed E-state index contributed by atoms with van der Waals surface area (Å²) in [7, 11) is 1.42. The van der Waals surface area contributed by atoms with Crippen molar-refractivity contribution in [1.29, 1.82) is 0 Å². The van der Waals surface area contributed by atoms with E-state index in [9.17, 15) is 4.79 Å². The molecule has 1 aliphatic rings. The van der Waals surface area contributed by atoms with E-state index in [0.717, 1.165) is 11.3 Å². The molecule has 0 radical (unpaired) electrons. The van der Waals surface area contributed by atoms with Crippen molar-refractivity contribution in [2.75, 3.05) is 7.05 Å². The van der Waals surface area contributed by atoms with Crippen LogP contribution in [0.25, 0.3) is 4.85 Å². The van der Waals surface area contributed by atoms with Crippen LogP contribution in [0, 0.1) is 12.0 Å². The molecule has 1 aliphatic heterocycles. The highest BCUT2D eigenvalue weighted by atomic mass is 16.6. The molecule has 0 amide bonds. The zero-order valence-corrected chi connectivity index (χ0v) is 11.8. The Hall–Kier alpha value is -2.35. The number of nitrogens with zero attached hydrogens (tertiary/aromatic N) is 2. The Bertz CT molecular complexity index is 530. The number of oxime groups is 1. The highest BCUT2D eigenvalue weighted by Crippen LogP contribution is 2.36. The molecule has 5 heteroatoms. The predicted molar refractivity (Wildman–Crippen MR) is 76.4 cm³/mol. The molecule has 0 spiro atoms. The molecule has 5 nitrogen and oxygen atoms in total. The van der Waals surface area contributed by atoms with Crippen LogP contribution in [-0.4, -0.2) is 29.9 Å². The van der Waals surface area contributed by atoms with Gasteiger partial charge in [0.2, 0.25) is 7.05 Å². The number of aliphatic carboxylic acids is 1. The Balaban J connectivity index is 0.000000612. The number of carboxylic acids is 1. The molecule has 0 fully saturated rings. The van der Waals surface area contributed by atoms with Gasteiger partial charge in [0.1, 0.15) is 6.10 Å². The molecule has 0 saturated carbocycles. The summed E-state index contributed by atoms with van der Waals surface area (Å²) in [5.41, 5.74) is 1.40. The summed E-state index contributed by atoms with van der Waals surface area (Å²) >= 11 is 0. The largest absolute Gasteiger partial charge is 0.481 e. The van der Waals surface area contributed by atoms with Crippen molar-refractivity contribution in [1.82, 2.24) is 0 Å². The maximum absolute atomic E-state index is 10.8. The van der Waals surface area contributed by atoms with E-state index in [4.69, 9.17) is 16.5 Å². The summed E-state index contributed by atoms with van der Waals surface area (Å²) in [5.74, 6) is -0.868. The topological polar surface area (TPSA) is 63.2 Å². The van der Waals surface area contributed by atoms with Gasteiger partial charge in [-0.1, -0.05) is 49.3 Å². The van der Waals surface area contributed by atoms with Crippen molar-refractivity contribution >= 4 is 11.7 Å². The Kier molecular flexibility index (Phi) is 5.27. The monoisotopic (exact) mass is 274 g/mol. The van der Waals surface area contributed by atoms with Crippen LogP contribution in [-0.2, 0) is 9.63 Å². The lowest BCUT2D eigenvalue weighted by Crippen LogP contribution is -2.34. The molecule has 1 atom stereocenters. The minimum atomic E-state index is -0.868. The fourth-order valence-electron chi connectivity index (χ4n) is 1.99. The Morgan fingerprint density at radius 1 is 1.45 bits per heavy atom. The van der Waals surface area contributed by atoms with E-state index in [2.05, 4.69) is 10.0 Å². The lowest BCUT2D eigenvalue weighted by Gasteiger charge is -2.24. The summed E-state index contributed by atoms with van der Waals surface area (Å²) in [6, 6.07) is 9.69. The first-order valence-corrected chi connectivity index (χ1v) is 6.20. The molecule has 0 aromatic heterocycles. The quantitative estimate of drug-likeness (QED) is 0.862. The van der Waals surface area contributed by atoms with Crippen LogP contribution in [0.3, 0.4) is 0 Å². The third kappa shape index (κ3) is 3.58. The van der Waals surface area contributed by atoms with E-state index in [-0.39, 0.29) is 11.8 Å². The van der Waals surface area contributed by atoms with Gasteiger partial charge in [0.15, 0.2) is 0 Å². The average Bonchev–Trinajstić information content (AvgIpc) is 2.66. The highest BCUT2D eigenvalue weighted by molar-refractivity contribution is 6.05. The number of hydrogen-bond acceptors (Lipinski definition) is 3. The summed E-state index contributed by atoms with van der Waals surface area (Å²) in [4.78, 5) is 18.8. The van der Waals surface area contributed by atoms with Crippen molar-refractivity contribution in [3.8, 4) is 0 Å². The Morgan fingerprint density at radius 2 is 2.00 bits per heavy atom. The SMILES string of the molecule is CC1(C)C(c2ccccc2)=NOC1CC(=O)O.[C-]#[N+]C. The molecular formula is C15H18N2O3. The van der Waals surface area contributed by atoms with Crippen LogP contribution in [0.5, 0.6) is 0 Å². The smallest absolute Gasteiger partial charge is 0.307 e. The van der Waals surface area contributed by atoms with E-state index in [0.29, 0.717) is 0 Å². The van der Waals surface area contributed by atoms with Crippen LogP contribution < -0.4 is 0 Å². The van der Waals surface area contributed by atoms with E-state index < -0.39 is 12.1 Å². The molecule has 0 aliphatic carbocycles. The molecule has 1 aromatic rings. The van der Waals surface area contributed by atoms with Gasteiger partial charge >= 0.3 is 5.97 Å². The second-order valence-electron chi connectivity index (χ2n) is 4.94. The van der Waals surface area contributed by atoms with E-state index >= 15 is 0 Å². The minimum Gasteiger partial charge on any atom is -0.481 e. The zero-order chi connectivity index (χ0) is 15.2.